The minimum absolute atomic E-state index is 0.0103. The van der Waals surface area contributed by atoms with Gasteiger partial charge in [0.1, 0.15) is 0 Å². The molecule has 1 atom stereocenters. The molecule has 1 aliphatic heterocycles. The van der Waals surface area contributed by atoms with Crippen LogP contribution in [0.25, 0.3) is 0 Å². The third-order valence-corrected chi connectivity index (χ3v) is 2.73. The van der Waals surface area contributed by atoms with E-state index in [1.165, 1.54) is 0 Å². The van der Waals surface area contributed by atoms with Gasteiger partial charge in [-0.2, -0.15) is 0 Å². The van der Waals surface area contributed by atoms with Crippen LogP contribution in [0.5, 0.6) is 0 Å². The van der Waals surface area contributed by atoms with Gasteiger partial charge in [-0.3, -0.25) is 9.69 Å². The minimum atomic E-state index is -0.770. The van der Waals surface area contributed by atoms with Gasteiger partial charge < -0.3 is 14.6 Å². The van der Waals surface area contributed by atoms with Crippen molar-refractivity contribution in [1.82, 2.24) is 4.90 Å². The van der Waals surface area contributed by atoms with Crippen molar-refractivity contribution in [3.63, 3.8) is 0 Å². The van der Waals surface area contributed by atoms with Crippen LogP contribution in [0.4, 0.5) is 0 Å². The molecule has 1 heterocycles. The van der Waals surface area contributed by atoms with Gasteiger partial charge >= 0.3 is 5.97 Å². The Hall–Kier alpha value is -0.650. The van der Waals surface area contributed by atoms with Crippen LogP contribution in [0.3, 0.4) is 0 Å². The molecule has 17 heavy (non-hydrogen) atoms. The number of carboxylic acids is 1. The number of carbonyl (C=O) groups is 1. The summed E-state index contributed by atoms with van der Waals surface area (Å²) in [5.41, 5.74) is 0. The van der Waals surface area contributed by atoms with E-state index in [0.717, 1.165) is 19.7 Å². The number of aliphatic carboxylic acids is 1. The zero-order chi connectivity index (χ0) is 12.7. The molecule has 0 spiro atoms. The fourth-order valence-electron chi connectivity index (χ4n) is 1.87. The maximum atomic E-state index is 10.7. The van der Waals surface area contributed by atoms with Crippen molar-refractivity contribution in [3.8, 4) is 0 Å². The molecule has 0 aromatic heterocycles. The van der Waals surface area contributed by atoms with E-state index >= 15 is 0 Å². The van der Waals surface area contributed by atoms with E-state index < -0.39 is 5.97 Å². The SMILES string of the molecule is CC(C)COCCN1CCOCC1CC(=O)O. The molecule has 0 aromatic rings. The molecule has 5 heteroatoms. The van der Waals surface area contributed by atoms with Gasteiger partial charge in [-0.15, -0.1) is 0 Å². The quantitative estimate of drug-likeness (QED) is 0.673. The van der Waals surface area contributed by atoms with E-state index in [1.54, 1.807) is 0 Å². The topological polar surface area (TPSA) is 59.0 Å². The Balaban J connectivity index is 2.25. The molecule has 1 N–H and O–H groups in total. The van der Waals surface area contributed by atoms with Crippen molar-refractivity contribution in [3.05, 3.63) is 0 Å². The third-order valence-electron chi connectivity index (χ3n) is 2.73. The number of ether oxygens (including phenoxy) is 2. The molecule has 1 unspecified atom stereocenters. The first-order valence-electron chi connectivity index (χ1n) is 6.21. The molecular formula is C12H23NO4. The van der Waals surface area contributed by atoms with Crippen LogP contribution in [-0.2, 0) is 14.3 Å². The number of hydrogen-bond donors (Lipinski definition) is 1. The first-order valence-corrected chi connectivity index (χ1v) is 6.21. The van der Waals surface area contributed by atoms with Crippen LogP contribution in [0.15, 0.2) is 0 Å². The highest BCUT2D eigenvalue weighted by atomic mass is 16.5. The lowest BCUT2D eigenvalue weighted by molar-refractivity contribution is -0.140. The zero-order valence-electron chi connectivity index (χ0n) is 10.7. The van der Waals surface area contributed by atoms with Crippen molar-refractivity contribution in [2.45, 2.75) is 26.3 Å². The van der Waals surface area contributed by atoms with Gasteiger partial charge in [-0.1, -0.05) is 13.8 Å². The normalized spacial score (nSPS) is 21.9. The van der Waals surface area contributed by atoms with E-state index in [0.29, 0.717) is 25.7 Å². The van der Waals surface area contributed by atoms with Crippen LogP contribution < -0.4 is 0 Å². The molecule has 1 fully saturated rings. The summed E-state index contributed by atoms with van der Waals surface area (Å²) in [6.45, 7) is 8.42. The first kappa shape index (κ1) is 14.4. The average Bonchev–Trinajstić information content (AvgIpc) is 2.25. The van der Waals surface area contributed by atoms with E-state index in [4.69, 9.17) is 14.6 Å². The molecule has 5 nitrogen and oxygen atoms in total. The number of nitrogens with zero attached hydrogens (tertiary/aromatic N) is 1. The van der Waals surface area contributed by atoms with Gasteiger partial charge in [0.25, 0.3) is 0 Å². The van der Waals surface area contributed by atoms with Crippen molar-refractivity contribution in [2.75, 3.05) is 39.5 Å². The molecule has 0 saturated carbocycles. The molecular weight excluding hydrogens is 222 g/mol. The van der Waals surface area contributed by atoms with Gasteiger partial charge in [0.2, 0.25) is 0 Å². The highest BCUT2D eigenvalue weighted by Crippen LogP contribution is 2.10. The van der Waals surface area contributed by atoms with Crippen LogP contribution >= 0.6 is 0 Å². The summed E-state index contributed by atoms with van der Waals surface area (Å²) in [6, 6.07) is -0.0103. The molecule has 0 aliphatic carbocycles. The largest absolute Gasteiger partial charge is 0.481 e. The van der Waals surface area contributed by atoms with Gasteiger partial charge in [0, 0.05) is 25.7 Å². The molecule has 1 rings (SSSR count). The fourth-order valence-corrected chi connectivity index (χ4v) is 1.87. The Kier molecular flexibility index (Phi) is 6.47. The molecule has 1 saturated heterocycles. The van der Waals surface area contributed by atoms with Crippen LogP contribution in [0, 0.1) is 5.92 Å². The molecule has 1 aliphatic rings. The third kappa shape index (κ3) is 6.00. The average molecular weight is 245 g/mol. The Bertz CT molecular complexity index is 233. The summed E-state index contributed by atoms with van der Waals surface area (Å²) in [5, 5.41) is 8.81. The van der Waals surface area contributed by atoms with E-state index in [1.807, 2.05) is 0 Å². The Morgan fingerprint density at radius 3 is 3.00 bits per heavy atom. The molecule has 0 aromatic carbocycles. The number of carboxylic acid groups (broad SMARTS) is 1. The minimum Gasteiger partial charge on any atom is -0.481 e. The fraction of sp³-hybridized carbons (Fsp3) is 0.917. The van der Waals surface area contributed by atoms with Crippen molar-refractivity contribution in [2.24, 2.45) is 5.92 Å². The number of hydrogen-bond acceptors (Lipinski definition) is 4. The van der Waals surface area contributed by atoms with Gasteiger partial charge in [-0.25, -0.2) is 0 Å². The summed E-state index contributed by atoms with van der Waals surface area (Å²) in [4.78, 5) is 12.9. The number of rotatable bonds is 7. The predicted octanol–water partition coefficient (Wildman–Crippen LogP) is 0.835. The maximum Gasteiger partial charge on any atom is 0.305 e. The molecule has 0 bridgehead atoms. The monoisotopic (exact) mass is 245 g/mol. The number of morpholine rings is 1. The first-order chi connectivity index (χ1) is 8.09. The van der Waals surface area contributed by atoms with E-state index in [9.17, 15) is 4.79 Å². The summed E-state index contributed by atoms with van der Waals surface area (Å²) in [6.07, 6.45) is 0.143. The van der Waals surface area contributed by atoms with E-state index in [2.05, 4.69) is 18.7 Å². The van der Waals surface area contributed by atoms with Gasteiger partial charge in [0.05, 0.1) is 26.2 Å². The smallest absolute Gasteiger partial charge is 0.305 e. The lowest BCUT2D eigenvalue weighted by Crippen LogP contribution is -2.47. The second-order valence-corrected chi connectivity index (χ2v) is 4.83. The Morgan fingerprint density at radius 1 is 1.59 bits per heavy atom. The van der Waals surface area contributed by atoms with Gasteiger partial charge in [0.15, 0.2) is 0 Å². The molecule has 0 amide bonds. The summed E-state index contributed by atoms with van der Waals surface area (Å²) in [5.74, 6) is -0.233. The highest BCUT2D eigenvalue weighted by Gasteiger charge is 2.24. The summed E-state index contributed by atoms with van der Waals surface area (Å²) in [7, 11) is 0. The maximum absolute atomic E-state index is 10.7. The second kappa shape index (κ2) is 7.63. The summed E-state index contributed by atoms with van der Waals surface area (Å²) >= 11 is 0. The molecule has 0 radical (unpaired) electrons. The van der Waals surface area contributed by atoms with Gasteiger partial charge in [-0.05, 0) is 5.92 Å². The lowest BCUT2D eigenvalue weighted by Gasteiger charge is -2.34. The van der Waals surface area contributed by atoms with Crippen molar-refractivity contribution < 1.29 is 19.4 Å². The van der Waals surface area contributed by atoms with Crippen molar-refractivity contribution in [1.29, 1.82) is 0 Å². The van der Waals surface area contributed by atoms with Crippen LogP contribution in [0.1, 0.15) is 20.3 Å². The second-order valence-electron chi connectivity index (χ2n) is 4.83. The predicted molar refractivity (Wildman–Crippen MR) is 64.1 cm³/mol. The van der Waals surface area contributed by atoms with E-state index in [-0.39, 0.29) is 12.5 Å². The Morgan fingerprint density at radius 2 is 2.35 bits per heavy atom. The van der Waals surface area contributed by atoms with Crippen LogP contribution in [0.2, 0.25) is 0 Å². The summed E-state index contributed by atoms with van der Waals surface area (Å²) < 4.78 is 10.8. The van der Waals surface area contributed by atoms with Crippen molar-refractivity contribution >= 4 is 5.97 Å². The Labute approximate surface area is 103 Å². The van der Waals surface area contributed by atoms with Crippen LogP contribution in [-0.4, -0.2) is 61.5 Å². The highest BCUT2D eigenvalue weighted by molar-refractivity contribution is 5.67. The zero-order valence-corrected chi connectivity index (χ0v) is 10.7. The molecule has 100 valence electrons. The lowest BCUT2D eigenvalue weighted by atomic mass is 10.1. The standard InChI is InChI=1S/C12H23NO4/c1-10(2)8-16-5-3-13-4-6-17-9-11(13)7-12(14)15/h10-11H,3-9H2,1-2H3,(H,14,15).